The molecular formula is C14H19N5. The van der Waals surface area contributed by atoms with E-state index in [0.717, 1.165) is 25.2 Å². The van der Waals surface area contributed by atoms with Crippen LogP contribution in [0.15, 0.2) is 36.7 Å². The van der Waals surface area contributed by atoms with E-state index in [-0.39, 0.29) is 6.04 Å². The lowest BCUT2D eigenvalue weighted by Gasteiger charge is -2.11. The molecule has 0 radical (unpaired) electrons. The van der Waals surface area contributed by atoms with Crippen molar-refractivity contribution in [1.29, 1.82) is 0 Å². The van der Waals surface area contributed by atoms with Gasteiger partial charge in [0.25, 0.3) is 0 Å². The van der Waals surface area contributed by atoms with E-state index in [4.69, 9.17) is 0 Å². The van der Waals surface area contributed by atoms with Gasteiger partial charge in [0, 0.05) is 12.6 Å². The monoisotopic (exact) mass is 257 g/mol. The summed E-state index contributed by atoms with van der Waals surface area (Å²) in [6.07, 6.45) is 3.67. The van der Waals surface area contributed by atoms with Gasteiger partial charge in [-0.25, -0.2) is 15.1 Å². The summed E-state index contributed by atoms with van der Waals surface area (Å²) in [4.78, 5) is 4.39. The molecule has 5 nitrogen and oxygen atoms in total. The van der Waals surface area contributed by atoms with Crippen LogP contribution in [-0.4, -0.2) is 20.8 Å². The van der Waals surface area contributed by atoms with Crippen molar-refractivity contribution in [2.75, 3.05) is 0 Å². The molecule has 3 rings (SSSR count). The first kappa shape index (κ1) is 12.3. The Kier molecular flexibility index (Phi) is 3.57. The highest BCUT2D eigenvalue weighted by Gasteiger charge is 2.25. The quantitative estimate of drug-likeness (QED) is 0.870. The van der Waals surface area contributed by atoms with E-state index in [2.05, 4.69) is 52.1 Å². The number of hydrogen-bond donors (Lipinski definition) is 2. The van der Waals surface area contributed by atoms with Gasteiger partial charge in [-0.15, -0.1) is 0 Å². The van der Waals surface area contributed by atoms with Gasteiger partial charge in [0.15, 0.2) is 0 Å². The van der Waals surface area contributed by atoms with Crippen molar-refractivity contribution < 1.29 is 0 Å². The molecule has 0 aliphatic carbocycles. The Morgan fingerprint density at radius 1 is 1.26 bits per heavy atom. The van der Waals surface area contributed by atoms with Crippen LogP contribution < -0.4 is 10.9 Å². The number of aromatic nitrogens is 3. The maximum Gasteiger partial charge on any atom is 0.145 e. The van der Waals surface area contributed by atoms with Crippen LogP contribution in [0.4, 0.5) is 0 Å². The Labute approximate surface area is 113 Å². The molecule has 2 N–H and O–H groups in total. The molecule has 0 amide bonds. The van der Waals surface area contributed by atoms with Crippen molar-refractivity contribution >= 4 is 0 Å². The molecular weight excluding hydrogens is 238 g/mol. The Balaban J connectivity index is 1.67. The first-order valence-corrected chi connectivity index (χ1v) is 6.75. The number of nitrogens with zero attached hydrogens (tertiary/aromatic N) is 3. The number of rotatable bonds is 4. The van der Waals surface area contributed by atoms with Crippen molar-refractivity contribution in [3.05, 3.63) is 48.0 Å². The van der Waals surface area contributed by atoms with Gasteiger partial charge < -0.3 is 0 Å². The van der Waals surface area contributed by atoms with Crippen molar-refractivity contribution in [1.82, 2.24) is 25.6 Å². The molecule has 0 spiro atoms. The maximum absolute atomic E-state index is 4.39. The Morgan fingerprint density at radius 3 is 2.84 bits per heavy atom. The number of hydrazine groups is 1. The highest BCUT2D eigenvalue weighted by molar-refractivity contribution is 5.14. The van der Waals surface area contributed by atoms with Crippen LogP contribution in [0, 0.1) is 0 Å². The van der Waals surface area contributed by atoms with E-state index in [1.54, 1.807) is 6.33 Å². The van der Waals surface area contributed by atoms with Gasteiger partial charge in [-0.3, -0.25) is 5.43 Å². The zero-order valence-electron chi connectivity index (χ0n) is 11.1. The van der Waals surface area contributed by atoms with Gasteiger partial charge in [0.2, 0.25) is 0 Å². The molecule has 100 valence electrons. The third-order valence-corrected chi connectivity index (χ3v) is 3.51. The minimum Gasteiger partial charge on any atom is -0.254 e. The molecule has 19 heavy (non-hydrogen) atoms. The van der Waals surface area contributed by atoms with E-state index < -0.39 is 0 Å². The smallest absolute Gasteiger partial charge is 0.145 e. The first-order valence-electron chi connectivity index (χ1n) is 6.75. The van der Waals surface area contributed by atoms with Gasteiger partial charge in [0.1, 0.15) is 12.2 Å². The third kappa shape index (κ3) is 2.83. The summed E-state index contributed by atoms with van der Waals surface area (Å²) >= 11 is 0. The third-order valence-electron chi connectivity index (χ3n) is 3.51. The summed E-state index contributed by atoms with van der Waals surface area (Å²) < 4.78 is 2.00. The fourth-order valence-electron chi connectivity index (χ4n) is 2.48. The van der Waals surface area contributed by atoms with Crippen LogP contribution in [0.5, 0.6) is 0 Å². The molecule has 1 aliphatic rings. The molecule has 1 aromatic heterocycles. The highest BCUT2D eigenvalue weighted by atomic mass is 15.4. The Morgan fingerprint density at radius 2 is 2.11 bits per heavy atom. The Bertz CT molecular complexity index is 522. The SMILES string of the molecule is CC1CC(c2ncnn2CCc2ccccc2)NN1. The van der Waals surface area contributed by atoms with Crippen LogP contribution in [0.2, 0.25) is 0 Å². The summed E-state index contributed by atoms with van der Waals surface area (Å²) in [5, 5.41) is 4.34. The van der Waals surface area contributed by atoms with Crippen LogP contribution in [0.3, 0.4) is 0 Å². The second-order valence-corrected chi connectivity index (χ2v) is 5.05. The van der Waals surface area contributed by atoms with Gasteiger partial charge in [-0.05, 0) is 25.3 Å². The lowest BCUT2D eigenvalue weighted by atomic mass is 10.1. The topological polar surface area (TPSA) is 54.8 Å². The molecule has 1 saturated heterocycles. The lowest BCUT2D eigenvalue weighted by Crippen LogP contribution is -2.30. The van der Waals surface area contributed by atoms with Crippen LogP contribution in [-0.2, 0) is 13.0 Å². The zero-order valence-corrected chi connectivity index (χ0v) is 11.1. The maximum atomic E-state index is 4.39. The number of benzene rings is 1. The fraction of sp³-hybridized carbons (Fsp3) is 0.429. The standard InChI is InChI=1S/C14H19N5/c1-11-9-13(18-17-11)14-15-10-16-19(14)8-7-12-5-3-2-4-6-12/h2-6,10-11,13,17-18H,7-9H2,1H3. The van der Waals surface area contributed by atoms with Gasteiger partial charge >= 0.3 is 0 Å². The van der Waals surface area contributed by atoms with Gasteiger partial charge in [0.05, 0.1) is 6.04 Å². The lowest BCUT2D eigenvalue weighted by molar-refractivity contribution is 0.491. The average Bonchev–Trinajstić information content (AvgIpc) is 3.06. The minimum atomic E-state index is 0.258. The van der Waals surface area contributed by atoms with Crippen LogP contribution in [0.1, 0.15) is 30.8 Å². The van der Waals surface area contributed by atoms with Crippen LogP contribution in [0.25, 0.3) is 0 Å². The van der Waals surface area contributed by atoms with Crippen LogP contribution >= 0.6 is 0 Å². The Hall–Kier alpha value is -1.72. The highest BCUT2D eigenvalue weighted by Crippen LogP contribution is 2.19. The number of aryl methyl sites for hydroxylation is 2. The predicted molar refractivity (Wildman–Crippen MR) is 73.3 cm³/mol. The summed E-state index contributed by atoms with van der Waals surface area (Å²) in [5.41, 5.74) is 7.83. The predicted octanol–water partition coefficient (Wildman–Crippen LogP) is 1.45. The largest absolute Gasteiger partial charge is 0.254 e. The molecule has 0 saturated carbocycles. The molecule has 2 unspecified atom stereocenters. The van der Waals surface area contributed by atoms with Gasteiger partial charge in [-0.1, -0.05) is 30.3 Å². The van der Waals surface area contributed by atoms with Crippen molar-refractivity contribution in [3.63, 3.8) is 0 Å². The summed E-state index contributed by atoms with van der Waals surface area (Å²) in [6.45, 7) is 3.03. The molecule has 1 aromatic carbocycles. The summed E-state index contributed by atoms with van der Waals surface area (Å²) in [6, 6.07) is 11.2. The molecule has 0 bridgehead atoms. The molecule has 2 heterocycles. The van der Waals surface area contributed by atoms with E-state index >= 15 is 0 Å². The van der Waals surface area contributed by atoms with Crippen molar-refractivity contribution in [2.24, 2.45) is 0 Å². The second kappa shape index (κ2) is 5.50. The van der Waals surface area contributed by atoms with E-state index in [0.29, 0.717) is 6.04 Å². The van der Waals surface area contributed by atoms with Crippen molar-refractivity contribution in [3.8, 4) is 0 Å². The molecule has 2 atom stereocenters. The molecule has 2 aromatic rings. The number of hydrogen-bond acceptors (Lipinski definition) is 4. The number of nitrogens with one attached hydrogen (secondary N) is 2. The molecule has 5 heteroatoms. The van der Waals surface area contributed by atoms with Crippen molar-refractivity contribution in [2.45, 2.75) is 38.4 Å². The van der Waals surface area contributed by atoms with E-state index in [1.165, 1.54) is 5.56 Å². The molecule has 1 fully saturated rings. The van der Waals surface area contributed by atoms with E-state index in [1.807, 2.05) is 10.7 Å². The molecule has 1 aliphatic heterocycles. The zero-order chi connectivity index (χ0) is 13.1. The first-order chi connectivity index (χ1) is 9.33. The average molecular weight is 257 g/mol. The minimum absolute atomic E-state index is 0.258. The van der Waals surface area contributed by atoms with Gasteiger partial charge in [-0.2, -0.15) is 5.10 Å². The summed E-state index contributed by atoms with van der Waals surface area (Å²) in [5.74, 6) is 1.02. The fourth-order valence-corrected chi connectivity index (χ4v) is 2.48. The van der Waals surface area contributed by atoms with E-state index in [9.17, 15) is 0 Å². The summed E-state index contributed by atoms with van der Waals surface area (Å²) in [7, 11) is 0. The second-order valence-electron chi connectivity index (χ2n) is 5.05. The normalized spacial score (nSPS) is 22.8.